The van der Waals surface area contributed by atoms with Gasteiger partial charge >= 0.3 is 10.2 Å². The van der Waals surface area contributed by atoms with Crippen LogP contribution in [0.4, 0.5) is 14.6 Å². The van der Waals surface area contributed by atoms with E-state index in [0.29, 0.717) is 32.8 Å². The van der Waals surface area contributed by atoms with Gasteiger partial charge in [-0.1, -0.05) is 23.9 Å². The lowest BCUT2D eigenvalue weighted by molar-refractivity contribution is -0.147. The summed E-state index contributed by atoms with van der Waals surface area (Å²) in [7, 11) is -7.11. The number of aromatic nitrogens is 2. The number of nitrogens with one attached hydrogen (secondary N) is 1. The fourth-order valence-corrected chi connectivity index (χ4v) is 6.69. The number of thioether (sulfide) groups is 1. The van der Waals surface area contributed by atoms with Crippen molar-refractivity contribution in [2.24, 2.45) is 5.14 Å². The first-order valence-corrected chi connectivity index (χ1v) is 17.0. The Morgan fingerprint density at radius 2 is 1.81 bits per heavy atom. The largest absolute Gasteiger partial charge is 0.472 e. The molecule has 234 valence electrons. The van der Waals surface area contributed by atoms with Gasteiger partial charge < -0.3 is 14.2 Å². The summed E-state index contributed by atoms with van der Waals surface area (Å²) in [6, 6.07) is 5.28. The minimum Gasteiger partial charge on any atom is -0.472 e. The number of nitrogens with two attached hydrogens (primary N) is 1. The summed E-state index contributed by atoms with van der Waals surface area (Å²) in [5.41, 5.74) is 0.134. The van der Waals surface area contributed by atoms with Crippen LogP contribution in [0.3, 0.4) is 0 Å². The summed E-state index contributed by atoms with van der Waals surface area (Å²) in [6.45, 7) is 7.76. The van der Waals surface area contributed by atoms with Gasteiger partial charge in [0.25, 0.3) is 10.2 Å². The van der Waals surface area contributed by atoms with Gasteiger partial charge in [-0.25, -0.2) is 18.9 Å². The van der Waals surface area contributed by atoms with Crippen molar-refractivity contribution < 1.29 is 39.8 Å². The highest BCUT2D eigenvalue weighted by atomic mass is 32.2. The zero-order chi connectivity index (χ0) is 30.7. The molecule has 0 aliphatic carbocycles. The molecule has 13 nitrogen and oxygen atoms in total. The SMILES string of the molecule is C[C@@H](Oc1cc(NS(=O)(=O)N2CCC2)nc(SCc2cccc(F)c2F)n1)[C@@H]1COC(C)(C)O1.NS(=O)(=O)N1CCC1. The molecule has 0 unspecified atom stereocenters. The predicted octanol–water partition coefficient (Wildman–Crippen LogP) is 2.22. The monoisotopic (exact) mass is 652 g/mol. The Balaban J connectivity index is 0.000000437. The van der Waals surface area contributed by atoms with Gasteiger partial charge in [-0.05, 0) is 39.7 Å². The average Bonchev–Trinajstić information content (AvgIpc) is 3.16. The number of benzene rings is 1. The number of rotatable bonds is 10. The van der Waals surface area contributed by atoms with Crippen molar-refractivity contribution in [2.75, 3.05) is 37.5 Å². The van der Waals surface area contributed by atoms with Crippen LogP contribution in [0.25, 0.3) is 0 Å². The third-order valence-electron chi connectivity index (χ3n) is 6.49. The van der Waals surface area contributed by atoms with Gasteiger partial charge in [0.05, 0.1) is 6.61 Å². The summed E-state index contributed by atoms with van der Waals surface area (Å²) in [4.78, 5) is 8.56. The molecule has 2 aromatic rings. The van der Waals surface area contributed by atoms with Gasteiger partial charge in [-0.15, -0.1) is 0 Å². The fraction of sp³-hybridized carbons (Fsp3) is 0.583. The lowest BCUT2D eigenvalue weighted by Gasteiger charge is -2.29. The Morgan fingerprint density at radius 3 is 2.33 bits per heavy atom. The van der Waals surface area contributed by atoms with Crippen molar-refractivity contribution in [2.45, 2.75) is 62.5 Å². The molecule has 0 radical (unpaired) electrons. The summed E-state index contributed by atoms with van der Waals surface area (Å²) in [6.07, 6.45) is 0.909. The molecule has 3 aliphatic rings. The summed E-state index contributed by atoms with van der Waals surface area (Å²) >= 11 is 1.02. The van der Waals surface area contributed by atoms with Crippen LogP contribution in [0.2, 0.25) is 0 Å². The van der Waals surface area contributed by atoms with Crippen molar-refractivity contribution in [3.63, 3.8) is 0 Å². The molecule has 0 amide bonds. The fourth-order valence-electron chi connectivity index (χ4n) is 3.86. The van der Waals surface area contributed by atoms with Gasteiger partial charge in [0.2, 0.25) is 5.88 Å². The van der Waals surface area contributed by atoms with E-state index in [9.17, 15) is 25.6 Å². The van der Waals surface area contributed by atoms with Crippen LogP contribution in [0, 0.1) is 11.6 Å². The van der Waals surface area contributed by atoms with Crippen LogP contribution >= 0.6 is 11.8 Å². The van der Waals surface area contributed by atoms with Crippen LogP contribution < -0.4 is 14.6 Å². The molecule has 4 heterocycles. The predicted molar refractivity (Wildman–Crippen MR) is 151 cm³/mol. The van der Waals surface area contributed by atoms with Crippen LogP contribution in [0.15, 0.2) is 29.4 Å². The van der Waals surface area contributed by atoms with Crippen LogP contribution in [0.1, 0.15) is 39.2 Å². The molecule has 42 heavy (non-hydrogen) atoms. The second-order valence-corrected chi connectivity index (χ2v) is 14.4. The quantitative estimate of drug-likeness (QED) is 0.287. The smallest absolute Gasteiger partial charge is 0.302 e. The number of anilines is 1. The molecule has 3 fully saturated rings. The van der Waals surface area contributed by atoms with E-state index in [1.807, 2.05) is 0 Å². The van der Waals surface area contributed by atoms with Crippen molar-refractivity contribution in [1.29, 1.82) is 0 Å². The number of ether oxygens (including phenoxy) is 3. The Hall–Kier alpha value is -2.19. The molecule has 2 atom stereocenters. The Kier molecular flexibility index (Phi) is 10.3. The number of hydrogen-bond donors (Lipinski definition) is 2. The van der Waals surface area contributed by atoms with Crippen LogP contribution in [-0.4, -0.2) is 86.2 Å². The van der Waals surface area contributed by atoms with Gasteiger partial charge in [0.1, 0.15) is 18.0 Å². The molecule has 5 rings (SSSR count). The van der Waals surface area contributed by atoms with E-state index in [1.54, 1.807) is 20.8 Å². The molecule has 3 saturated heterocycles. The van der Waals surface area contributed by atoms with Crippen LogP contribution in [-0.2, 0) is 35.6 Å². The highest BCUT2D eigenvalue weighted by Gasteiger charge is 2.37. The van der Waals surface area contributed by atoms with E-state index in [1.165, 1.54) is 26.8 Å². The molecule has 1 aromatic heterocycles. The van der Waals surface area contributed by atoms with Gasteiger partial charge in [0.15, 0.2) is 22.6 Å². The Bertz CT molecular complexity index is 1470. The molecular weight excluding hydrogens is 618 g/mol. The van der Waals surface area contributed by atoms with E-state index < -0.39 is 43.9 Å². The first-order chi connectivity index (χ1) is 19.6. The molecule has 1 aromatic carbocycles. The second kappa shape index (κ2) is 13.2. The van der Waals surface area contributed by atoms with Crippen molar-refractivity contribution >= 4 is 38.0 Å². The third-order valence-corrected chi connectivity index (χ3v) is 9.99. The minimum absolute atomic E-state index is 0.00948. The topological polar surface area (TPSA) is 166 Å². The van der Waals surface area contributed by atoms with E-state index in [2.05, 4.69) is 14.7 Å². The zero-order valence-corrected chi connectivity index (χ0v) is 25.8. The molecule has 0 spiro atoms. The van der Waals surface area contributed by atoms with E-state index >= 15 is 0 Å². The van der Waals surface area contributed by atoms with Crippen LogP contribution in [0.5, 0.6) is 5.88 Å². The van der Waals surface area contributed by atoms with Gasteiger partial charge in [-0.2, -0.15) is 30.4 Å². The normalized spacial score (nSPS) is 21.4. The second-order valence-electron chi connectivity index (χ2n) is 10.2. The van der Waals surface area contributed by atoms with Crippen molar-refractivity contribution in [3.05, 3.63) is 41.5 Å². The molecule has 0 bridgehead atoms. The van der Waals surface area contributed by atoms with E-state index in [0.717, 1.165) is 30.7 Å². The van der Waals surface area contributed by atoms with E-state index in [-0.39, 0.29) is 34.3 Å². The maximum atomic E-state index is 14.1. The molecular formula is C24H34F2N6O7S3. The Labute approximate surface area is 248 Å². The standard InChI is InChI=1S/C21H26F2N4O5S2.C3H8N2O2S/c1-13(16-11-30-21(2,3)32-16)31-18-10-17(26-34(28,29)27-8-5-9-27)24-20(25-18)33-12-14-6-4-7-15(22)19(14)23;4-8(6,7)5-2-1-3-5/h4,6-7,10,13,16H,5,8-9,11-12H2,1-3H3,(H,24,25,26);1-3H2,(H2,4,6,7)/t13-,16+;/m1./s1. The lowest BCUT2D eigenvalue weighted by Crippen LogP contribution is -2.45. The highest BCUT2D eigenvalue weighted by molar-refractivity contribution is 7.98. The lowest BCUT2D eigenvalue weighted by atomic mass is 10.2. The van der Waals surface area contributed by atoms with Gasteiger partial charge in [-0.3, -0.25) is 4.72 Å². The maximum Gasteiger partial charge on any atom is 0.302 e. The number of hydrogen-bond acceptors (Lipinski definition) is 10. The van der Waals surface area contributed by atoms with Crippen molar-refractivity contribution in [1.82, 2.24) is 18.6 Å². The summed E-state index contributed by atoms with van der Waals surface area (Å²) < 4.78 is 95.6. The van der Waals surface area contributed by atoms with Gasteiger partial charge in [0, 0.05) is 43.6 Å². The number of halogens is 2. The van der Waals surface area contributed by atoms with Crippen molar-refractivity contribution in [3.8, 4) is 5.88 Å². The zero-order valence-electron chi connectivity index (χ0n) is 23.3. The highest BCUT2D eigenvalue weighted by Crippen LogP contribution is 2.29. The molecule has 18 heteroatoms. The number of nitrogens with zero attached hydrogens (tertiary/aromatic N) is 4. The first kappa shape index (κ1) is 32.7. The molecule has 3 N–H and O–H groups in total. The molecule has 0 saturated carbocycles. The maximum absolute atomic E-state index is 14.1. The minimum atomic E-state index is -3.78. The average molecular weight is 653 g/mol. The summed E-state index contributed by atoms with van der Waals surface area (Å²) in [5.74, 6) is -2.48. The molecule has 3 aliphatic heterocycles. The summed E-state index contributed by atoms with van der Waals surface area (Å²) in [5, 5.41) is 4.88. The third kappa shape index (κ3) is 8.68. The first-order valence-electron chi connectivity index (χ1n) is 13.1. The Morgan fingerprint density at radius 1 is 1.14 bits per heavy atom. The van der Waals surface area contributed by atoms with E-state index in [4.69, 9.17) is 19.3 Å².